The fraction of sp³-hybridized carbons (Fsp3) is 0.588. The minimum absolute atomic E-state index is 0.0372. The maximum absolute atomic E-state index is 12.4. The topological polar surface area (TPSA) is 32.3 Å². The lowest BCUT2D eigenvalue weighted by atomic mass is 10.1. The summed E-state index contributed by atoms with van der Waals surface area (Å²) in [5, 5.41) is 3.44. The molecule has 1 saturated carbocycles. The summed E-state index contributed by atoms with van der Waals surface area (Å²) >= 11 is 0. The molecule has 3 rings (SSSR count). The van der Waals surface area contributed by atoms with Gasteiger partial charge in [-0.25, -0.2) is 0 Å². The number of carbonyl (C=O) groups is 1. The fourth-order valence-corrected chi connectivity index (χ4v) is 3.18. The SMILES string of the molecule is CCc1ccc(C2NC(C)C(=O)N2C2CC2(C)C)cc1. The van der Waals surface area contributed by atoms with E-state index in [0.29, 0.717) is 6.04 Å². The van der Waals surface area contributed by atoms with Crippen LogP contribution in [0.15, 0.2) is 24.3 Å². The highest BCUT2D eigenvalue weighted by atomic mass is 16.2. The number of nitrogens with one attached hydrogen (secondary N) is 1. The Morgan fingerprint density at radius 1 is 1.30 bits per heavy atom. The minimum Gasteiger partial charge on any atom is -0.318 e. The number of nitrogens with zero attached hydrogens (tertiary/aromatic N) is 1. The number of aryl methyl sites for hydroxylation is 1. The van der Waals surface area contributed by atoms with Crippen LogP contribution in [0.3, 0.4) is 0 Å². The molecular formula is C17H24N2O. The van der Waals surface area contributed by atoms with Crippen LogP contribution < -0.4 is 5.32 Å². The monoisotopic (exact) mass is 272 g/mol. The highest BCUT2D eigenvalue weighted by Crippen LogP contribution is 2.51. The molecule has 3 atom stereocenters. The number of carbonyl (C=O) groups excluding carboxylic acids is 1. The quantitative estimate of drug-likeness (QED) is 0.917. The van der Waals surface area contributed by atoms with E-state index in [2.05, 4.69) is 55.3 Å². The van der Waals surface area contributed by atoms with E-state index in [4.69, 9.17) is 0 Å². The van der Waals surface area contributed by atoms with Gasteiger partial charge in [-0.2, -0.15) is 0 Å². The van der Waals surface area contributed by atoms with Crippen molar-refractivity contribution >= 4 is 5.91 Å². The molecule has 1 aromatic rings. The lowest BCUT2D eigenvalue weighted by Gasteiger charge is -2.26. The summed E-state index contributed by atoms with van der Waals surface area (Å²) in [7, 11) is 0. The summed E-state index contributed by atoms with van der Waals surface area (Å²) in [6, 6.07) is 8.95. The molecular weight excluding hydrogens is 248 g/mol. The summed E-state index contributed by atoms with van der Waals surface area (Å²) < 4.78 is 0. The molecule has 1 amide bonds. The molecule has 0 aromatic heterocycles. The van der Waals surface area contributed by atoms with Crippen molar-refractivity contribution in [2.24, 2.45) is 5.41 Å². The Morgan fingerprint density at radius 3 is 2.40 bits per heavy atom. The first-order valence-corrected chi connectivity index (χ1v) is 7.61. The molecule has 1 aromatic carbocycles. The zero-order valence-electron chi connectivity index (χ0n) is 12.8. The van der Waals surface area contributed by atoms with Crippen LogP contribution in [0, 0.1) is 5.41 Å². The summed E-state index contributed by atoms with van der Waals surface area (Å²) in [4.78, 5) is 14.5. The molecule has 3 heteroatoms. The third-order valence-corrected chi connectivity index (χ3v) is 4.81. The zero-order chi connectivity index (χ0) is 14.5. The van der Waals surface area contributed by atoms with Crippen molar-refractivity contribution in [2.45, 2.75) is 58.8 Å². The van der Waals surface area contributed by atoms with E-state index in [1.54, 1.807) is 0 Å². The van der Waals surface area contributed by atoms with Gasteiger partial charge in [0.2, 0.25) is 5.91 Å². The van der Waals surface area contributed by atoms with E-state index < -0.39 is 0 Å². The Balaban J connectivity index is 1.88. The molecule has 0 bridgehead atoms. The molecule has 1 aliphatic carbocycles. The van der Waals surface area contributed by atoms with Gasteiger partial charge in [0.15, 0.2) is 0 Å². The largest absolute Gasteiger partial charge is 0.318 e. The summed E-state index contributed by atoms with van der Waals surface area (Å²) in [6.07, 6.45) is 2.19. The molecule has 3 nitrogen and oxygen atoms in total. The van der Waals surface area contributed by atoms with Gasteiger partial charge in [0.25, 0.3) is 0 Å². The third kappa shape index (κ3) is 2.14. The maximum atomic E-state index is 12.4. The molecule has 1 saturated heterocycles. The predicted octanol–water partition coefficient (Wildman–Crippen LogP) is 2.87. The van der Waals surface area contributed by atoms with E-state index >= 15 is 0 Å². The molecule has 3 unspecified atom stereocenters. The molecule has 0 radical (unpaired) electrons. The lowest BCUT2D eigenvalue weighted by Crippen LogP contribution is -2.34. The second-order valence-electron chi connectivity index (χ2n) is 6.84. The van der Waals surface area contributed by atoms with Crippen LogP contribution in [0.1, 0.15) is 51.4 Å². The highest BCUT2D eigenvalue weighted by Gasteiger charge is 2.55. The Bertz CT molecular complexity index is 520. The Morgan fingerprint density at radius 2 is 1.90 bits per heavy atom. The average Bonchev–Trinajstić information content (AvgIpc) is 2.95. The van der Waals surface area contributed by atoms with Crippen molar-refractivity contribution in [2.75, 3.05) is 0 Å². The first kappa shape index (κ1) is 13.6. The summed E-state index contributed by atoms with van der Waals surface area (Å²) in [6.45, 7) is 8.61. The van der Waals surface area contributed by atoms with Crippen LogP contribution in [0.5, 0.6) is 0 Å². The van der Waals surface area contributed by atoms with Gasteiger partial charge >= 0.3 is 0 Å². The van der Waals surface area contributed by atoms with E-state index in [-0.39, 0.29) is 23.5 Å². The Labute approximate surface area is 121 Å². The van der Waals surface area contributed by atoms with Crippen molar-refractivity contribution in [3.05, 3.63) is 35.4 Å². The molecule has 2 fully saturated rings. The van der Waals surface area contributed by atoms with Crippen LogP contribution >= 0.6 is 0 Å². The Hall–Kier alpha value is -1.35. The van der Waals surface area contributed by atoms with Gasteiger partial charge in [-0.1, -0.05) is 45.0 Å². The molecule has 0 spiro atoms. The number of hydrogen-bond donors (Lipinski definition) is 1. The Kier molecular flexibility index (Phi) is 3.13. The minimum atomic E-state index is -0.0812. The number of amides is 1. The summed E-state index contributed by atoms with van der Waals surface area (Å²) in [5.41, 5.74) is 2.80. The van der Waals surface area contributed by atoms with E-state index in [9.17, 15) is 4.79 Å². The molecule has 20 heavy (non-hydrogen) atoms. The van der Waals surface area contributed by atoms with Crippen LogP contribution in [0.25, 0.3) is 0 Å². The van der Waals surface area contributed by atoms with Gasteiger partial charge < -0.3 is 4.90 Å². The van der Waals surface area contributed by atoms with Gasteiger partial charge in [0.05, 0.1) is 6.04 Å². The van der Waals surface area contributed by atoms with Crippen LogP contribution in [-0.4, -0.2) is 22.9 Å². The van der Waals surface area contributed by atoms with Gasteiger partial charge in [0.1, 0.15) is 6.17 Å². The summed E-state index contributed by atoms with van der Waals surface area (Å²) in [5.74, 6) is 0.241. The molecule has 1 heterocycles. The van der Waals surface area contributed by atoms with Crippen molar-refractivity contribution in [1.29, 1.82) is 0 Å². The molecule has 108 valence electrons. The van der Waals surface area contributed by atoms with Crippen molar-refractivity contribution < 1.29 is 4.79 Å². The number of benzene rings is 1. The maximum Gasteiger partial charge on any atom is 0.241 e. The zero-order valence-corrected chi connectivity index (χ0v) is 12.8. The van der Waals surface area contributed by atoms with Crippen molar-refractivity contribution in [3.63, 3.8) is 0 Å². The second kappa shape index (κ2) is 4.59. The third-order valence-electron chi connectivity index (χ3n) is 4.81. The first-order chi connectivity index (χ1) is 9.44. The molecule has 1 N–H and O–H groups in total. The average molecular weight is 272 g/mol. The smallest absolute Gasteiger partial charge is 0.241 e. The number of rotatable bonds is 3. The predicted molar refractivity (Wildman–Crippen MR) is 80.2 cm³/mol. The van der Waals surface area contributed by atoms with Crippen LogP contribution in [-0.2, 0) is 11.2 Å². The van der Waals surface area contributed by atoms with Crippen LogP contribution in [0.4, 0.5) is 0 Å². The molecule has 1 aliphatic heterocycles. The van der Waals surface area contributed by atoms with E-state index in [1.165, 1.54) is 11.1 Å². The standard InChI is InChI=1S/C17H24N2O/c1-5-12-6-8-13(9-7-12)15-18-11(2)16(20)19(15)14-10-17(14,3)4/h6-9,11,14-15,18H,5,10H2,1-4H3. The van der Waals surface area contributed by atoms with E-state index in [1.807, 2.05) is 6.92 Å². The van der Waals surface area contributed by atoms with Gasteiger partial charge in [-0.05, 0) is 36.3 Å². The first-order valence-electron chi connectivity index (χ1n) is 7.61. The van der Waals surface area contributed by atoms with Gasteiger partial charge in [-0.3, -0.25) is 10.1 Å². The highest BCUT2D eigenvalue weighted by molar-refractivity contribution is 5.85. The van der Waals surface area contributed by atoms with E-state index in [0.717, 1.165) is 12.8 Å². The number of hydrogen-bond acceptors (Lipinski definition) is 2. The fourth-order valence-electron chi connectivity index (χ4n) is 3.18. The second-order valence-corrected chi connectivity index (χ2v) is 6.84. The van der Waals surface area contributed by atoms with Crippen LogP contribution in [0.2, 0.25) is 0 Å². The van der Waals surface area contributed by atoms with Gasteiger partial charge in [-0.15, -0.1) is 0 Å². The lowest BCUT2D eigenvalue weighted by molar-refractivity contribution is -0.130. The molecule has 2 aliphatic rings. The van der Waals surface area contributed by atoms with Gasteiger partial charge in [0, 0.05) is 6.04 Å². The van der Waals surface area contributed by atoms with Crippen molar-refractivity contribution in [1.82, 2.24) is 10.2 Å². The normalized spacial score (nSPS) is 31.7. The van der Waals surface area contributed by atoms with Crippen molar-refractivity contribution in [3.8, 4) is 0 Å².